The first-order chi connectivity index (χ1) is 8.51. The van der Waals surface area contributed by atoms with Crippen LogP contribution in [-0.2, 0) is 11.3 Å². The van der Waals surface area contributed by atoms with E-state index in [0.717, 1.165) is 0 Å². The molecular weight excluding hydrogens is 242 g/mol. The molecule has 0 aliphatic rings. The van der Waals surface area contributed by atoms with Gasteiger partial charge < -0.3 is 19.3 Å². The number of phenols is 1. The van der Waals surface area contributed by atoms with E-state index in [9.17, 15) is 15.2 Å². The summed E-state index contributed by atoms with van der Waals surface area (Å²) in [6.07, 6.45) is 0. The zero-order valence-electron chi connectivity index (χ0n) is 10.4. The predicted octanol–water partition coefficient (Wildman–Crippen LogP) is 1.47. The highest BCUT2D eigenvalue weighted by Gasteiger charge is 2.16. The van der Waals surface area contributed by atoms with Crippen LogP contribution in [0, 0.1) is 17.0 Å². The van der Waals surface area contributed by atoms with Gasteiger partial charge in [0, 0.05) is 16.1 Å². The van der Waals surface area contributed by atoms with E-state index in [2.05, 4.69) is 0 Å². The average molecular weight is 257 g/mol. The summed E-state index contributed by atoms with van der Waals surface area (Å²) in [6.45, 7) is 1.09. The van der Waals surface area contributed by atoms with Crippen LogP contribution in [0.3, 0.4) is 0 Å². The van der Waals surface area contributed by atoms with Crippen molar-refractivity contribution >= 4 is 0 Å². The van der Waals surface area contributed by atoms with Crippen LogP contribution in [0.25, 0.3) is 0 Å². The molecule has 0 unspecified atom stereocenters. The van der Waals surface area contributed by atoms with Gasteiger partial charge in [0.1, 0.15) is 5.75 Å². The molecule has 0 atom stereocenters. The molecule has 0 spiro atoms. The fourth-order valence-electron chi connectivity index (χ4n) is 1.71. The number of rotatable bonds is 6. The zero-order valence-corrected chi connectivity index (χ0v) is 10.4. The summed E-state index contributed by atoms with van der Waals surface area (Å²) in [5.41, 5.74) is 1.13. The van der Waals surface area contributed by atoms with Crippen molar-refractivity contribution in [2.45, 2.75) is 13.5 Å². The molecule has 7 heteroatoms. The summed E-state index contributed by atoms with van der Waals surface area (Å²) >= 11 is 0. The van der Waals surface area contributed by atoms with Crippen molar-refractivity contribution in [2.75, 3.05) is 21.0 Å². The first kappa shape index (κ1) is 14.0. The highest BCUT2D eigenvalue weighted by molar-refractivity contribution is 5.56. The van der Waals surface area contributed by atoms with Crippen LogP contribution in [0.15, 0.2) is 6.07 Å². The molecule has 1 rings (SSSR count). The van der Waals surface area contributed by atoms with Crippen LogP contribution in [0.1, 0.15) is 11.1 Å². The fourth-order valence-corrected chi connectivity index (χ4v) is 1.71. The summed E-state index contributed by atoms with van der Waals surface area (Å²) in [6, 6.07) is 1.41. The first-order valence-corrected chi connectivity index (χ1v) is 5.14. The van der Waals surface area contributed by atoms with Gasteiger partial charge in [0.15, 0.2) is 11.5 Å². The summed E-state index contributed by atoms with van der Waals surface area (Å²) in [4.78, 5) is 9.58. The lowest BCUT2D eigenvalue weighted by Crippen LogP contribution is -2.07. The van der Waals surface area contributed by atoms with Gasteiger partial charge in [-0.25, -0.2) is 0 Å². The van der Waals surface area contributed by atoms with Gasteiger partial charge in [-0.05, 0) is 13.0 Å². The van der Waals surface area contributed by atoms with Crippen molar-refractivity contribution in [1.29, 1.82) is 0 Å². The van der Waals surface area contributed by atoms with E-state index in [0.29, 0.717) is 22.6 Å². The highest BCUT2D eigenvalue weighted by Crippen LogP contribution is 2.39. The molecule has 0 heterocycles. The zero-order chi connectivity index (χ0) is 13.7. The topological polar surface area (TPSA) is 91.1 Å². The SMILES string of the molecule is COc1c(O)cc(COC[N+](=O)[O-])c(OC)c1C. The maximum Gasteiger partial charge on any atom is 0.306 e. The van der Waals surface area contributed by atoms with Gasteiger partial charge in [0.05, 0.1) is 20.8 Å². The summed E-state index contributed by atoms with van der Waals surface area (Å²) < 4.78 is 15.1. The molecule has 0 radical (unpaired) electrons. The second kappa shape index (κ2) is 6.06. The van der Waals surface area contributed by atoms with Gasteiger partial charge >= 0.3 is 6.73 Å². The minimum atomic E-state index is -0.602. The number of ether oxygens (including phenoxy) is 3. The molecule has 0 aromatic heterocycles. The minimum absolute atomic E-state index is 0.0253. The van der Waals surface area contributed by atoms with Gasteiger partial charge in [-0.15, -0.1) is 0 Å². The molecule has 1 aromatic rings. The van der Waals surface area contributed by atoms with E-state index >= 15 is 0 Å². The number of methoxy groups -OCH3 is 2. The van der Waals surface area contributed by atoms with Crippen LogP contribution >= 0.6 is 0 Å². The van der Waals surface area contributed by atoms with Gasteiger partial charge in [-0.1, -0.05) is 0 Å². The van der Waals surface area contributed by atoms with E-state index in [4.69, 9.17) is 14.2 Å². The lowest BCUT2D eigenvalue weighted by molar-refractivity contribution is -0.527. The molecule has 0 aliphatic carbocycles. The van der Waals surface area contributed by atoms with Crippen molar-refractivity contribution in [3.63, 3.8) is 0 Å². The molecule has 1 N–H and O–H groups in total. The fraction of sp³-hybridized carbons (Fsp3) is 0.455. The van der Waals surface area contributed by atoms with Crippen LogP contribution < -0.4 is 9.47 Å². The Morgan fingerprint density at radius 2 is 1.94 bits per heavy atom. The first-order valence-electron chi connectivity index (χ1n) is 5.14. The molecule has 0 bridgehead atoms. The number of aromatic hydroxyl groups is 1. The standard InChI is InChI=1S/C11H15NO6/c1-7-10(16-2)8(5-18-6-12(14)15)4-9(13)11(7)17-3/h4,13H,5-6H2,1-3H3. The van der Waals surface area contributed by atoms with Crippen LogP contribution in [0.4, 0.5) is 0 Å². The van der Waals surface area contributed by atoms with Crippen LogP contribution in [-0.4, -0.2) is 31.0 Å². The Labute approximate surface area is 104 Å². The number of hydrogen-bond donors (Lipinski definition) is 1. The van der Waals surface area contributed by atoms with E-state index in [1.807, 2.05) is 0 Å². The number of benzene rings is 1. The Morgan fingerprint density at radius 3 is 2.44 bits per heavy atom. The maximum absolute atomic E-state index is 10.2. The molecule has 0 fully saturated rings. The Balaban J connectivity index is 3.00. The third-order valence-electron chi connectivity index (χ3n) is 2.38. The van der Waals surface area contributed by atoms with Gasteiger partial charge in [0.25, 0.3) is 0 Å². The Kier molecular flexibility index (Phi) is 4.73. The van der Waals surface area contributed by atoms with E-state index in [1.54, 1.807) is 6.92 Å². The number of hydrogen-bond acceptors (Lipinski definition) is 6. The second-order valence-corrected chi connectivity index (χ2v) is 3.56. The van der Waals surface area contributed by atoms with E-state index in [-0.39, 0.29) is 12.4 Å². The van der Waals surface area contributed by atoms with Gasteiger partial charge in [-0.3, -0.25) is 10.1 Å². The lowest BCUT2D eigenvalue weighted by Gasteiger charge is -2.15. The Hall–Kier alpha value is -2.02. The maximum atomic E-state index is 10.2. The third-order valence-corrected chi connectivity index (χ3v) is 2.38. The van der Waals surface area contributed by atoms with Gasteiger partial charge in [-0.2, -0.15) is 0 Å². The monoisotopic (exact) mass is 257 g/mol. The Morgan fingerprint density at radius 1 is 1.33 bits per heavy atom. The number of nitrogens with zero attached hydrogens (tertiary/aromatic N) is 1. The molecule has 100 valence electrons. The molecule has 0 amide bonds. The third kappa shape index (κ3) is 3.01. The van der Waals surface area contributed by atoms with Crippen LogP contribution in [0.2, 0.25) is 0 Å². The van der Waals surface area contributed by atoms with Crippen molar-refractivity contribution in [3.05, 3.63) is 27.3 Å². The van der Waals surface area contributed by atoms with Crippen LogP contribution in [0.5, 0.6) is 17.2 Å². The smallest absolute Gasteiger partial charge is 0.306 e. The van der Waals surface area contributed by atoms with Gasteiger partial charge in [0.2, 0.25) is 0 Å². The second-order valence-electron chi connectivity index (χ2n) is 3.56. The molecule has 0 saturated carbocycles. The summed E-state index contributed by atoms with van der Waals surface area (Å²) in [5, 5.41) is 19.9. The Bertz CT molecular complexity index is 446. The van der Waals surface area contributed by atoms with Crippen molar-refractivity contribution < 1.29 is 24.2 Å². The predicted molar refractivity (Wildman–Crippen MR) is 62.6 cm³/mol. The van der Waals surface area contributed by atoms with E-state index < -0.39 is 11.7 Å². The lowest BCUT2D eigenvalue weighted by atomic mass is 10.1. The summed E-state index contributed by atoms with van der Waals surface area (Å²) in [5.74, 6) is 0.730. The minimum Gasteiger partial charge on any atom is -0.504 e. The molecule has 0 saturated heterocycles. The molecule has 1 aromatic carbocycles. The quantitative estimate of drug-likeness (QED) is 0.471. The molecule has 18 heavy (non-hydrogen) atoms. The van der Waals surface area contributed by atoms with Crippen molar-refractivity contribution in [2.24, 2.45) is 0 Å². The van der Waals surface area contributed by atoms with Crippen molar-refractivity contribution in [1.82, 2.24) is 0 Å². The highest BCUT2D eigenvalue weighted by atomic mass is 16.7. The normalized spacial score (nSPS) is 10.2. The number of phenolic OH excluding ortho intramolecular Hbond substituents is 1. The average Bonchev–Trinajstić information content (AvgIpc) is 2.29. The molecule has 7 nitrogen and oxygen atoms in total. The number of nitro groups is 1. The largest absolute Gasteiger partial charge is 0.504 e. The molecular formula is C11H15NO6. The summed E-state index contributed by atoms with van der Waals surface area (Å²) in [7, 11) is 2.90. The van der Waals surface area contributed by atoms with Crippen molar-refractivity contribution in [3.8, 4) is 17.2 Å². The molecule has 0 aliphatic heterocycles. The van der Waals surface area contributed by atoms with E-state index in [1.165, 1.54) is 20.3 Å².